The van der Waals surface area contributed by atoms with Crippen molar-refractivity contribution in [2.24, 2.45) is 0 Å². The van der Waals surface area contributed by atoms with Gasteiger partial charge in [-0.3, -0.25) is 4.79 Å². The SMILES string of the molecule is CC(NC(=O)Cn1nnc(COc2ccccc2)n1)c1ccc(-n2cncn2)cc1. The number of para-hydroxylation sites is 1. The van der Waals surface area contributed by atoms with E-state index in [0.29, 0.717) is 5.82 Å². The van der Waals surface area contributed by atoms with Crippen LogP contribution in [0.4, 0.5) is 0 Å². The Bertz CT molecular complexity index is 1080. The number of amides is 1. The molecule has 0 radical (unpaired) electrons. The van der Waals surface area contributed by atoms with E-state index in [1.54, 1.807) is 11.0 Å². The van der Waals surface area contributed by atoms with Crippen LogP contribution in [0.2, 0.25) is 0 Å². The summed E-state index contributed by atoms with van der Waals surface area (Å²) in [6, 6.07) is 16.9. The molecule has 2 heterocycles. The summed E-state index contributed by atoms with van der Waals surface area (Å²) in [6.45, 7) is 2.07. The maximum atomic E-state index is 12.3. The maximum Gasteiger partial charge on any atom is 0.244 e. The molecular formula is C20H20N8O2. The Balaban J connectivity index is 1.28. The molecule has 2 aromatic heterocycles. The van der Waals surface area contributed by atoms with Crippen LogP contribution in [0, 0.1) is 0 Å². The smallest absolute Gasteiger partial charge is 0.244 e. The van der Waals surface area contributed by atoms with Crippen LogP contribution in [0.3, 0.4) is 0 Å². The fourth-order valence-electron chi connectivity index (χ4n) is 2.82. The van der Waals surface area contributed by atoms with E-state index >= 15 is 0 Å². The van der Waals surface area contributed by atoms with E-state index in [1.165, 1.54) is 11.1 Å². The molecule has 10 nitrogen and oxygen atoms in total. The summed E-state index contributed by atoms with van der Waals surface area (Å²) < 4.78 is 7.25. The number of benzene rings is 2. The molecular weight excluding hydrogens is 384 g/mol. The van der Waals surface area contributed by atoms with Gasteiger partial charge >= 0.3 is 0 Å². The van der Waals surface area contributed by atoms with E-state index in [1.807, 2.05) is 61.5 Å². The Kier molecular flexibility index (Phi) is 5.74. The molecule has 10 heteroatoms. The first-order valence-electron chi connectivity index (χ1n) is 9.36. The minimum absolute atomic E-state index is 0.0281. The summed E-state index contributed by atoms with van der Waals surface area (Å²) in [5, 5.41) is 19.0. The fraction of sp³-hybridized carbons (Fsp3) is 0.200. The van der Waals surface area contributed by atoms with Crippen molar-refractivity contribution < 1.29 is 9.53 Å². The molecule has 1 unspecified atom stereocenters. The Morgan fingerprint density at radius 1 is 1.13 bits per heavy atom. The van der Waals surface area contributed by atoms with Gasteiger partial charge in [0.05, 0.1) is 11.7 Å². The average molecular weight is 404 g/mol. The number of tetrazole rings is 1. The van der Waals surface area contributed by atoms with Gasteiger partial charge in [0, 0.05) is 0 Å². The van der Waals surface area contributed by atoms with Gasteiger partial charge in [-0.2, -0.15) is 9.90 Å². The standard InChI is InChI=1S/C20H20N8O2/c1-15(16-7-9-17(10-8-16)27-14-21-13-22-27)23-20(29)11-28-25-19(24-26-28)12-30-18-5-3-2-4-6-18/h2-10,13-15H,11-12H2,1H3,(H,23,29). The summed E-state index contributed by atoms with van der Waals surface area (Å²) in [5.41, 5.74) is 1.86. The number of hydrogen-bond acceptors (Lipinski definition) is 7. The third-order valence-electron chi connectivity index (χ3n) is 4.34. The Morgan fingerprint density at radius 2 is 1.93 bits per heavy atom. The lowest BCUT2D eigenvalue weighted by Gasteiger charge is -2.14. The highest BCUT2D eigenvalue weighted by atomic mass is 16.5. The molecule has 0 aliphatic carbocycles. The van der Waals surface area contributed by atoms with Crippen molar-refractivity contribution in [2.75, 3.05) is 0 Å². The topological polar surface area (TPSA) is 113 Å². The van der Waals surface area contributed by atoms with E-state index < -0.39 is 0 Å². The van der Waals surface area contributed by atoms with Crippen LogP contribution in [0.25, 0.3) is 5.69 Å². The Morgan fingerprint density at radius 3 is 2.67 bits per heavy atom. The molecule has 152 valence electrons. The molecule has 0 fully saturated rings. The Hall–Kier alpha value is -4.08. The minimum Gasteiger partial charge on any atom is -0.485 e. The summed E-state index contributed by atoms with van der Waals surface area (Å²) in [4.78, 5) is 17.5. The van der Waals surface area contributed by atoms with E-state index in [2.05, 4.69) is 30.8 Å². The monoisotopic (exact) mass is 404 g/mol. The summed E-state index contributed by atoms with van der Waals surface area (Å²) in [7, 11) is 0. The van der Waals surface area contributed by atoms with Gasteiger partial charge in [-0.05, 0) is 42.0 Å². The zero-order valence-corrected chi connectivity index (χ0v) is 16.3. The number of rotatable bonds is 8. The van der Waals surface area contributed by atoms with Crippen LogP contribution in [0.15, 0.2) is 67.3 Å². The van der Waals surface area contributed by atoms with Gasteiger partial charge in [0.15, 0.2) is 6.61 Å². The first-order valence-corrected chi connectivity index (χ1v) is 9.36. The van der Waals surface area contributed by atoms with Crippen molar-refractivity contribution in [3.8, 4) is 11.4 Å². The molecule has 4 rings (SSSR count). The van der Waals surface area contributed by atoms with Crippen LogP contribution in [0.5, 0.6) is 5.75 Å². The quantitative estimate of drug-likeness (QED) is 0.476. The molecule has 30 heavy (non-hydrogen) atoms. The lowest BCUT2D eigenvalue weighted by atomic mass is 10.1. The average Bonchev–Trinajstić information content (AvgIpc) is 3.45. The molecule has 0 bridgehead atoms. The highest BCUT2D eigenvalue weighted by Crippen LogP contribution is 2.15. The van der Waals surface area contributed by atoms with Crippen LogP contribution in [0.1, 0.15) is 24.4 Å². The second kappa shape index (κ2) is 8.95. The van der Waals surface area contributed by atoms with E-state index in [0.717, 1.165) is 17.0 Å². The molecule has 2 aromatic carbocycles. The van der Waals surface area contributed by atoms with Gasteiger partial charge in [0.1, 0.15) is 24.9 Å². The van der Waals surface area contributed by atoms with E-state index in [-0.39, 0.29) is 25.1 Å². The van der Waals surface area contributed by atoms with Gasteiger partial charge in [0.25, 0.3) is 0 Å². The number of ether oxygens (including phenoxy) is 1. The van der Waals surface area contributed by atoms with Crippen molar-refractivity contribution >= 4 is 5.91 Å². The lowest BCUT2D eigenvalue weighted by Crippen LogP contribution is -2.30. The van der Waals surface area contributed by atoms with Gasteiger partial charge in [-0.25, -0.2) is 9.67 Å². The van der Waals surface area contributed by atoms with Crippen LogP contribution in [-0.4, -0.2) is 40.9 Å². The molecule has 1 atom stereocenters. The normalized spacial score (nSPS) is 11.8. The third-order valence-corrected chi connectivity index (χ3v) is 4.34. The number of hydrogen-bond donors (Lipinski definition) is 1. The second-order valence-electron chi connectivity index (χ2n) is 6.56. The number of nitrogens with zero attached hydrogens (tertiary/aromatic N) is 7. The predicted octanol–water partition coefficient (Wildman–Crippen LogP) is 1.71. The van der Waals surface area contributed by atoms with Crippen LogP contribution < -0.4 is 10.1 Å². The van der Waals surface area contributed by atoms with Crippen molar-refractivity contribution in [3.63, 3.8) is 0 Å². The van der Waals surface area contributed by atoms with E-state index in [9.17, 15) is 4.79 Å². The van der Waals surface area contributed by atoms with Crippen LogP contribution in [-0.2, 0) is 17.9 Å². The molecule has 4 aromatic rings. The molecule has 0 saturated heterocycles. The summed E-state index contributed by atoms with van der Waals surface area (Å²) >= 11 is 0. The Labute approximate surface area is 172 Å². The lowest BCUT2D eigenvalue weighted by molar-refractivity contribution is -0.122. The first kappa shape index (κ1) is 19.2. The number of carbonyl (C=O) groups excluding carboxylic acids is 1. The number of carbonyl (C=O) groups is 1. The van der Waals surface area contributed by atoms with Gasteiger partial charge in [-0.15, -0.1) is 10.2 Å². The second-order valence-corrected chi connectivity index (χ2v) is 6.56. The van der Waals surface area contributed by atoms with Crippen molar-refractivity contribution in [3.05, 3.63) is 78.6 Å². The molecule has 0 saturated carbocycles. The largest absolute Gasteiger partial charge is 0.485 e. The molecule has 0 aliphatic rings. The van der Waals surface area contributed by atoms with Crippen molar-refractivity contribution in [2.45, 2.75) is 26.1 Å². The van der Waals surface area contributed by atoms with Gasteiger partial charge in [-0.1, -0.05) is 30.3 Å². The van der Waals surface area contributed by atoms with Crippen molar-refractivity contribution in [1.82, 2.24) is 40.3 Å². The maximum absolute atomic E-state index is 12.3. The number of nitrogens with one attached hydrogen (secondary N) is 1. The molecule has 0 spiro atoms. The summed E-state index contributed by atoms with van der Waals surface area (Å²) in [6.07, 6.45) is 3.11. The molecule has 0 aliphatic heterocycles. The summed E-state index contributed by atoms with van der Waals surface area (Å²) in [5.74, 6) is 0.912. The highest BCUT2D eigenvalue weighted by molar-refractivity contribution is 5.76. The molecule has 1 amide bonds. The van der Waals surface area contributed by atoms with Crippen molar-refractivity contribution in [1.29, 1.82) is 0 Å². The van der Waals surface area contributed by atoms with Gasteiger partial charge < -0.3 is 10.1 Å². The zero-order chi connectivity index (χ0) is 20.8. The zero-order valence-electron chi connectivity index (χ0n) is 16.3. The minimum atomic E-state index is -0.212. The highest BCUT2D eigenvalue weighted by Gasteiger charge is 2.13. The predicted molar refractivity (Wildman–Crippen MR) is 107 cm³/mol. The van der Waals surface area contributed by atoms with Crippen LogP contribution >= 0.6 is 0 Å². The van der Waals surface area contributed by atoms with Gasteiger partial charge in [0.2, 0.25) is 11.7 Å². The fourth-order valence-corrected chi connectivity index (χ4v) is 2.82. The molecule has 1 N–H and O–H groups in total. The van der Waals surface area contributed by atoms with E-state index in [4.69, 9.17) is 4.74 Å². The first-order chi connectivity index (χ1) is 14.7. The third kappa shape index (κ3) is 4.85. The number of aromatic nitrogens is 7.